The van der Waals surface area contributed by atoms with E-state index in [1.165, 1.54) is 20.9 Å². The zero-order chi connectivity index (χ0) is 7.44. The first-order valence-electron chi connectivity index (χ1n) is 2.58. The van der Waals surface area contributed by atoms with Crippen LogP contribution in [0.3, 0.4) is 0 Å². The van der Waals surface area contributed by atoms with Crippen molar-refractivity contribution in [3.63, 3.8) is 0 Å². The maximum Gasteiger partial charge on any atom is 0.240 e. The first-order chi connectivity index (χ1) is 4.09. The van der Waals surface area contributed by atoms with Gasteiger partial charge in [0.25, 0.3) is 0 Å². The molecule has 0 unspecified atom stereocenters. The lowest BCUT2D eigenvalue weighted by molar-refractivity contribution is -0.145. The molecule has 4 nitrogen and oxygen atoms in total. The average molecular weight is 130 g/mol. The van der Waals surface area contributed by atoms with Crippen LogP contribution in [0.15, 0.2) is 0 Å². The number of rotatable bonds is 1. The molecule has 0 aromatic rings. The van der Waals surface area contributed by atoms with E-state index < -0.39 is 0 Å². The van der Waals surface area contributed by atoms with E-state index in [0.29, 0.717) is 0 Å². The second kappa shape index (κ2) is 3.19. The van der Waals surface area contributed by atoms with Crippen molar-refractivity contribution in [2.45, 2.75) is 13.8 Å². The summed E-state index contributed by atoms with van der Waals surface area (Å²) in [6, 6.07) is 0. The number of hydrazine groups is 1. The van der Waals surface area contributed by atoms with Crippen LogP contribution in [0, 0.1) is 0 Å². The van der Waals surface area contributed by atoms with Crippen LogP contribution in [0.25, 0.3) is 0 Å². The van der Waals surface area contributed by atoms with Gasteiger partial charge in [0.2, 0.25) is 11.8 Å². The van der Waals surface area contributed by atoms with Gasteiger partial charge in [-0.1, -0.05) is 0 Å². The number of hydrogen-bond donors (Lipinski definition) is 1. The highest BCUT2D eigenvalue weighted by molar-refractivity contribution is 5.92. The van der Waals surface area contributed by atoms with E-state index in [4.69, 9.17) is 0 Å². The van der Waals surface area contributed by atoms with E-state index in [-0.39, 0.29) is 11.8 Å². The molecule has 0 aliphatic rings. The average Bonchev–Trinajstić information content (AvgIpc) is 1.64. The highest BCUT2D eigenvalue weighted by Crippen LogP contribution is 1.81. The Kier molecular flexibility index (Phi) is 2.87. The molecule has 2 amide bonds. The third kappa shape index (κ3) is 2.23. The Bertz CT molecular complexity index is 119. The fourth-order valence-electron chi connectivity index (χ4n) is 0.537. The molecule has 0 radical (unpaired) electrons. The molecule has 0 aromatic carbocycles. The van der Waals surface area contributed by atoms with Crippen LogP contribution in [-0.4, -0.2) is 23.9 Å². The molecule has 4 heteroatoms. The summed E-state index contributed by atoms with van der Waals surface area (Å²) in [7, 11) is 1.52. The van der Waals surface area contributed by atoms with Gasteiger partial charge in [-0.05, 0) is 0 Å². The molecule has 1 N–H and O–H groups in total. The monoisotopic (exact) mass is 130 g/mol. The van der Waals surface area contributed by atoms with Crippen molar-refractivity contribution < 1.29 is 9.59 Å². The number of carbonyl (C=O) groups excluding carboxylic acids is 2. The maximum absolute atomic E-state index is 10.5. The topological polar surface area (TPSA) is 49.4 Å². The van der Waals surface area contributed by atoms with Gasteiger partial charge in [0.1, 0.15) is 0 Å². The van der Waals surface area contributed by atoms with E-state index in [2.05, 4.69) is 5.43 Å². The predicted molar refractivity (Wildman–Crippen MR) is 32.3 cm³/mol. The van der Waals surface area contributed by atoms with Gasteiger partial charge in [0, 0.05) is 20.9 Å². The summed E-state index contributed by atoms with van der Waals surface area (Å²) in [5, 5.41) is 0.931. The molecule has 0 aliphatic heterocycles. The second-order valence-corrected chi connectivity index (χ2v) is 1.60. The Morgan fingerprint density at radius 1 is 1.22 bits per heavy atom. The van der Waals surface area contributed by atoms with E-state index >= 15 is 0 Å². The molecule has 0 bridgehead atoms. The lowest BCUT2D eigenvalue weighted by Gasteiger charge is -2.13. The Morgan fingerprint density at radius 3 is 1.56 bits per heavy atom. The van der Waals surface area contributed by atoms with Gasteiger partial charge in [0.15, 0.2) is 0 Å². The molecule has 0 aliphatic carbocycles. The van der Waals surface area contributed by atoms with E-state index in [1.807, 2.05) is 0 Å². The summed E-state index contributed by atoms with van der Waals surface area (Å²) in [6.07, 6.45) is 0. The zero-order valence-corrected chi connectivity index (χ0v) is 5.76. The Hall–Kier alpha value is -0.900. The molecule has 52 valence electrons. The van der Waals surface area contributed by atoms with E-state index in [1.54, 1.807) is 0 Å². The highest BCUT2D eigenvalue weighted by Gasteiger charge is 2.09. The molecule has 9 heavy (non-hydrogen) atoms. The first-order valence-corrected chi connectivity index (χ1v) is 2.58. The molecule has 0 heterocycles. The fraction of sp³-hybridized carbons (Fsp3) is 0.600. The molecule has 0 saturated carbocycles. The standard InChI is InChI=1S/C5H10N2O2/c1-4(8)7(6-3)5(2)9/h6H,1-3H3. The van der Waals surface area contributed by atoms with Gasteiger partial charge >= 0.3 is 0 Å². The fourth-order valence-corrected chi connectivity index (χ4v) is 0.537. The van der Waals surface area contributed by atoms with Crippen molar-refractivity contribution >= 4 is 11.8 Å². The Morgan fingerprint density at radius 2 is 1.56 bits per heavy atom. The normalized spacial score (nSPS) is 8.78. The van der Waals surface area contributed by atoms with Crippen LogP contribution < -0.4 is 5.43 Å². The summed E-state index contributed by atoms with van der Waals surface area (Å²) in [5.74, 6) is -0.602. The third-order valence-corrected chi connectivity index (χ3v) is 0.853. The van der Waals surface area contributed by atoms with Crippen molar-refractivity contribution in [3.8, 4) is 0 Å². The molecular formula is C5H10N2O2. The van der Waals surface area contributed by atoms with E-state index in [0.717, 1.165) is 5.01 Å². The van der Waals surface area contributed by atoms with Crippen LogP contribution in [0.1, 0.15) is 13.8 Å². The second-order valence-electron chi connectivity index (χ2n) is 1.60. The predicted octanol–water partition coefficient (Wildman–Crippen LogP) is -0.484. The molecule has 0 rings (SSSR count). The third-order valence-electron chi connectivity index (χ3n) is 0.853. The van der Waals surface area contributed by atoms with Crippen LogP contribution in [0.2, 0.25) is 0 Å². The largest absolute Gasteiger partial charge is 0.273 e. The van der Waals surface area contributed by atoms with Crippen molar-refractivity contribution in [3.05, 3.63) is 0 Å². The minimum absolute atomic E-state index is 0.301. The lowest BCUT2D eigenvalue weighted by Crippen LogP contribution is -2.42. The van der Waals surface area contributed by atoms with Crippen LogP contribution in [0.5, 0.6) is 0 Å². The molecule has 0 aromatic heterocycles. The first kappa shape index (κ1) is 8.10. The summed E-state index contributed by atoms with van der Waals surface area (Å²) in [4.78, 5) is 20.9. The smallest absolute Gasteiger partial charge is 0.240 e. The zero-order valence-electron chi connectivity index (χ0n) is 5.76. The number of carbonyl (C=O) groups is 2. The van der Waals surface area contributed by atoms with Gasteiger partial charge in [-0.2, -0.15) is 0 Å². The van der Waals surface area contributed by atoms with Crippen molar-refractivity contribution in [1.82, 2.24) is 10.4 Å². The molecule has 0 fully saturated rings. The van der Waals surface area contributed by atoms with Gasteiger partial charge in [-0.15, -0.1) is 0 Å². The molecule has 0 spiro atoms. The molecule has 0 saturated heterocycles. The van der Waals surface area contributed by atoms with Crippen LogP contribution in [0.4, 0.5) is 0 Å². The summed E-state index contributed by atoms with van der Waals surface area (Å²) < 4.78 is 0. The van der Waals surface area contributed by atoms with Gasteiger partial charge < -0.3 is 0 Å². The number of hydrogen-bond acceptors (Lipinski definition) is 3. The van der Waals surface area contributed by atoms with Gasteiger partial charge in [-0.25, -0.2) is 10.4 Å². The minimum Gasteiger partial charge on any atom is -0.273 e. The SMILES string of the molecule is CNN(C(C)=O)C(C)=O. The molecule has 0 atom stereocenters. The van der Waals surface area contributed by atoms with Crippen molar-refractivity contribution in [2.24, 2.45) is 0 Å². The van der Waals surface area contributed by atoms with Crippen LogP contribution in [-0.2, 0) is 9.59 Å². The quantitative estimate of drug-likeness (QED) is 0.487. The number of nitrogens with one attached hydrogen (secondary N) is 1. The minimum atomic E-state index is -0.301. The number of amides is 2. The van der Waals surface area contributed by atoms with Crippen molar-refractivity contribution in [1.29, 1.82) is 0 Å². The summed E-state index contributed by atoms with van der Waals surface area (Å²) in [5.41, 5.74) is 2.44. The maximum atomic E-state index is 10.5. The lowest BCUT2D eigenvalue weighted by atomic mass is 10.6. The van der Waals surface area contributed by atoms with Gasteiger partial charge in [-0.3, -0.25) is 9.59 Å². The number of nitrogens with zero attached hydrogens (tertiary/aromatic N) is 1. The highest BCUT2D eigenvalue weighted by atomic mass is 16.2. The van der Waals surface area contributed by atoms with E-state index in [9.17, 15) is 9.59 Å². The number of imide groups is 1. The summed E-state index contributed by atoms with van der Waals surface area (Å²) >= 11 is 0. The molecular weight excluding hydrogens is 120 g/mol. The summed E-state index contributed by atoms with van der Waals surface area (Å²) in [6.45, 7) is 2.63. The Balaban J connectivity index is 3.99. The van der Waals surface area contributed by atoms with Crippen molar-refractivity contribution in [2.75, 3.05) is 7.05 Å². The van der Waals surface area contributed by atoms with Crippen LogP contribution >= 0.6 is 0 Å². The Labute approximate surface area is 53.8 Å². The van der Waals surface area contributed by atoms with Gasteiger partial charge in [0.05, 0.1) is 0 Å².